The number of nitrogens with one attached hydrogen (secondary N) is 1. The van der Waals surface area contributed by atoms with Gasteiger partial charge < -0.3 is 15.2 Å². The lowest BCUT2D eigenvalue weighted by Crippen LogP contribution is -2.27. The van der Waals surface area contributed by atoms with E-state index in [1.807, 2.05) is 43.4 Å². The van der Waals surface area contributed by atoms with Gasteiger partial charge in [0.15, 0.2) is 0 Å². The van der Waals surface area contributed by atoms with Crippen LogP contribution in [0.15, 0.2) is 54.7 Å². The number of carbonyl (C=O) groups is 1. The van der Waals surface area contributed by atoms with Crippen molar-refractivity contribution in [1.29, 1.82) is 0 Å². The second kappa shape index (κ2) is 10.2. The Labute approximate surface area is 192 Å². The second-order valence-corrected chi connectivity index (χ2v) is 8.43. The summed E-state index contributed by atoms with van der Waals surface area (Å²) in [7, 11) is 1.87. The molecule has 0 spiro atoms. The molecule has 0 unspecified atom stereocenters. The fraction of sp³-hybridized carbons (Fsp3) is 0.333. The van der Waals surface area contributed by atoms with Crippen molar-refractivity contribution in [1.82, 2.24) is 14.7 Å². The maximum Gasteiger partial charge on any atom is 0.228 e. The zero-order valence-corrected chi connectivity index (χ0v) is 18.8. The van der Waals surface area contributed by atoms with Crippen LogP contribution in [0.4, 0.5) is 5.69 Å². The molecule has 0 bridgehead atoms. The number of aromatic nitrogens is 2. The highest BCUT2D eigenvalue weighted by molar-refractivity contribution is 6.30. The third-order valence-electron chi connectivity index (χ3n) is 5.55. The molecule has 0 radical (unpaired) electrons. The lowest BCUT2D eigenvalue weighted by atomic mass is 10.1. The Hall–Kier alpha value is -2.87. The molecule has 2 heterocycles. The molecule has 32 heavy (non-hydrogen) atoms. The molecule has 1 aliphatic rings. The molecule has 0 aliphatic carbocycles. The monoisotopic (exact) mass is 454 g/mol. The van der Waals surface area contributed by atoms with E-state index in [-0.39, 0.29) is 18.4 Å². The van der Waals surface area contributed by atoms with Gasteiger partial charge in [0.25, 0.3) is 0 Å². The molecule has 0 saturated carbocycles. The lowest BCUT2D eigenvalue weighted by Gasteiger charge is -2.17. The van der Waals surface area contributed by atoms with Gasteiger partial charge in [0, 0.05) is 49.2 Å². The quantitative estimate of drug-likeness (QED) is 0.545. The van der Waals surface area contributed by atoms with Crippen molar-refractivity contribution in [2.24, 2.45) is 7.05 Å². The van der Waals surface area contributed by atoms with Crippen molar-refractivity contribution in [3.05, 3.63) is 65.3 Å². The Kier molecular flexibility index (Phi) is 7.09. The highest BCUT2D eigenvalue weighted by Gasteiger charge is 2.20. The topological polar surface area (TPSA) is 79.6 Å². The van der Waals surface area contributed by atoms with Crippen LogP contribution >= 0.6 is 11.6 Å². The summed E-state index contributed by atoms with van der Waals surface area (Å²) >= 11 is 5.92. The molecule has 8 heteroatoms. The van der Waals surface area contributed by atoms with Gasteiger partial charge in [0.05, 0.1) is 18.2 Å². The van der Waals surface area contributed by atoms with Crippen molar-refractivity contribution >= 4 is 23.2 Å². The normalized spacial score (nSPS) is 16.3. The SMILES string of the molecule is Cn1nccc1-c1cc(NC(=O)Cc2ccc(Cl)cc2)ccc1OCCN1CC[C@@H](O)C1. The van der Waals surface area contributed by atoms with Gasteiger partial charge in [-0.1, -0.05) is 23.7 Å². The van der Waals surface area contributed by atoms with Crippen LogP contribution in [0.3, 0.4) is 0 Å². The van der Waals surface area contributed by atoms with Gasteiger partial charge in [0.1, 0.15) is 12.4 Å². The first-order chi connectivity index (χ1) is 15.5. The van der Waals surface area contributed by atoms with E-state index in [0.717, 1.165) is 42.1 Å². The zero-order chi connectivity index (χ0) is 22.5. The van der Waals surface area contributed by atoms with Crippen molar-refractivity contribution in [3.8, 4) is 17.0 Å². The average Bonchev–Trinajstić information content (AvgIpc) is 3.38. The fourth-order valence-electron chi connectivity index (χ4n) is 3.86. The van der Waals surface area contributed by atoms with Gasteiger partial charge in [-0.15, -0.1) is 0 Å². The first kappa shape index (κ1) is 22.3. The number of aliphatic hydroxyl groups excluding tert-OH is 1. The summed E-state index contributed by atoms with van der Waals surface area (Å²) in [6, 6.07) is 14.8. The maximum atomic E-state index is 12.5. The number of rotatable bonds is 8. The van der Waals surface area contributed by atoms with Crippen LogP contribution in [0.2, 0.25) is 5.02 Å². The number of nitrogens with zero attached hydrogens (tertiary/aromatic N) is 3. The van der Waals surface area contributed by atoms with E-state index < -0.39 is 0 Å². The minimum atomic E-state index is -0.240. The summed E-state index contributed by atoms with van der Waals surface area (Å²) in [5, 5.41) is 17.6. The number of anilines is 1. The van der Waals surface area contributed by atoms with Gasteiger partial charge in [-0.3, -0.25) is 14.4 Å². The van der Waals surface area contributed by atoms with Crippen molar-refractivity contribution in [2.75, 3.05) is 31.6 Å². The Morgan fingerprint density at radius 3 is 2.75 bits per heavy atom. The molecule has 168 valence electrons. The number of β-amino-alcohol motifs (C(OH)–C–C–N with tert-alkyl or cyclic N) is 1. The van der Waals surface area contributed by atoms with E-state index in [1.165, 1.54) is 0 Å². The smallest absolute Gasteiger partial charge is 0.228 e. The largest absolute Gasteiger partial charge is 0.492 e. The number of amides is 1. The van der Waals surface area contributed by atoms with Crippen LogP contribution in [0.1, 0.15) is 12.0 Å². The molecule has 2 aromatic carbocycles. The summed E-state index contributed by atoms with van der Waals surface area (Å²) in [6.45, 7) is 2.84. The van der Waals surface area contributed by atoms with Gasteiger partial charge in [0.2, 0.25) is 5.91 Å². The molecule has 1 aromatic heterocycles. The Morgan fingerprint density at radius 1 is 1.25 bits per heavy atom. The summed E-state index contributed by atoms with van der Waals surface area (Å²) in [6.07, 6.45) is 2.56. The molecule has 1 atom stereocenters. The Morgan fingerprint density at radius 2 is 2.06 bits per heavy atom. The molecule has 4 rings (SSSR count). The highest BCUT2D eigenvalue weighted by Crippen LogP contribution is 2.32. The molecular formula is C24H27ClN4O3. The van der Waals surface area contributed by atoms with Crippen LogP contribution in [0, 0.1) is 0 Å². The predicted molar refractivity (Wildman–Crippen MR) is 125 cm³/mol. The summed E-state index contributed by atoms with van der Waals surface area (Å²) in [4.78, 5) is 14.7. The van der Waals surface area contributed by atoms with Crippen molar-refractivity contribution in [3.63, 3.8) is 0 Å². The number of ether oxygens (including phenoxy) is 1. The van der Waals surface area contributed by atoms with E-state index in [0.29, 0.717) is 23.9 Å². The van der Waals surface area contributed by atoms with Crippen LogP contribution in [0.25, 0.3) is 11.3 Å². The predicted octanol–water partition coefficient (Wildman–Crippen LogP) is 3.37. The van der Waals surface area contributed by atoms with Gasteiger partial charge in [-0.05, 0) is 48.4 Å². The van der Waals surface area contributed by atoms with Gasteiger partial charge in [-0.25, -0.2) is 0 Å². The van der Waals surface area contributed by atoms with Crippen LogP contribution < -0.4 is 10.1 Å². The Balaban J connectivity index is 1.46. The molecule has 2 N–H and O–H groups in total. The summed E-state index contributed by atoms with van der Waals surface area (Å²) < 4.78 is 7.87. The van der Waals surface area contributed by atoms with Gasteiger partial charge in [-0.2, -0.15) is 5.10 Å². The van der Waals surface area contributed by atoms with E-state index in [9.17, 15) is 9.90 Å². The number of aliphatic hydroxyl groups is 1. The van der Waals surface area contributed by atoms with Crippen molar-refractivity contribution < 1.29 is 14.6 Å². The number of aryl methyl sites for hydroxylation is 1. The average molecular weight is 455 g/mol. The van der Waals surface area contributed by atoms with Gasteiger partial charge >= 0.3 is 0 Å². The molecule has 1 aliphatic heterocycles. The van der Waals surface area contributed by atoms with E-state index in [2.05, 4.69) is 15.3 Å². The fourth-order valence-corrected chi connectivity index (χ4v) is 3.99. The molecule has 1 fully saturated rings. The number of hydrogen-bond donors (Lipinski definition) is 2. The first-order valence-electron chi connectivity index (χ1n) is 10.7. The minimum Gasteiger partial charge on any atom is -0.492 e. The van der Waals surface area contributed by atoms with Crippen LogP contribution in [0.5, 0.6) is 5.75 Å². The number of likely N-dealkylation sites (tertiary alicyclic amines) is 1. The highest BCUT2D eigenvalue weighted by atomic mass is 35.5. The maximum absolute atomic E-state index is 12.5. The molecule has 1 saturated heterocycles. The number of carbonyl (C=O) groups excluding carboxylic acids is 1. The summed E-state index contributed by atoms with van der Waals surface area (Å²) in [5.74, 6) is 0.619. The van der Waals surface area contributed by atoms with Crippen molar-refractivity contribution in [2.45, 2.75) is 18.9 Å². The van der Waals surface area contributed by atoms with E-state index in [1.54, 1.807) is 23.0 Å². The van der Waals surface area contributed by atoms with E-state index >= 15 is 0 Å². The first-order valence-corrected chi connectivity index (χ1v) is 11.1. The minimum absolute atomic E-state index is 0.107. The van der Waals surface area contributed by atoms with E-state index in [4.69, 9.17) is 16.3 Å². The third-order valence-corrected chi connectivity index (χ3v) is 5.80. The lowest BCUT2D eigenvalue weighted by molar-refractivity contribution is -0.115. The number of halogens is 1. The third kappa shape index (κ3) is 5.68. The van der Waals surface area contributed by atoms with Crippen LogP contribution in [-0.2, 0) is 18.3 Å². The molecular weight excluding hydrogens is 428 g/mol. The number of hydrogen-bond acceptors (Lipinski definition) is 5. The Bertz CT molecular complexity index is 1070. The van der Waals surface area contributed by atoms with Crippen LogP contribution in [-0.4, -0.2) is 58.0 Å². The standard InChI is InChI=1S/C24H27ClN4O3/c1-28-22(8-10-26-28)21-15-19(27-24(31)14-17-2-4-18(25)5-3-17)6-7-23(21)32-13-12-29-11-9-20(30)16-29/h2-8,10,15,20,30H,9,11-14,16H2,1H3,(H,27,31)/t20-/m1/s1. The molecule has 1 amide bonds. The zero-order valence-electron chi connectivity index (χ0n) is 18.0. The second-order valence-electron chi connectivity index (χ2n) is 7.99. The molecule has 3 aromatic rings. The molecule has 7 nitrogen and oxygen atoms in total. The summed E-state index contributed by atoms with van der Waals surface area (Å²) in [5.41, 5.74) is 3.34. The number of benzene rings is 2.